The van der Waals surface area contributed by atoms with E-state index in [1.54, 1.807) is 0 Å². The molecule has 19 heavy (non-hydrogen) atoms. The number of benzene rings is 1. The summed E-state index contributed by atoms with van der Waals surface area (Å²) in [6, 6.07) is 8.61. The van der Waals surface area contributed by atoms with Crippen LogP contribution in [0.4, 0.5) is 0 Å². The van der Waals surface area contributed by atoms with E-state index in [2.05, 4.69) is 38.1 Å². The largest absolute Gasteiger partial charge is 0.299 e. The number of ketones is 1. The maximum atomic E-state index is 12.6. The smallest absolute Gasteiger partial charge is 0.139 e. The molecule has 0 amide bonds. The van der Waals surface area contributed by atoms with Crippen molar-refractivity contribution in [1.29, 1.82) is 0 Å². The minimum atomic E-state index is 0.275. The van der Waals surface area contributed by atoms with Crippen LogP contribution in [0.3, 0.4) is 0 Å². The van der Waals surface area contributed by atoms with E-state index >= 15 is 0 Å². The van der Waals surface area contributed by atoms with Gasteiger partial charge in [-0.1, -0.05) is 51.0 Å². The van der Waals surface area contributed by atoms with Gasteiger partial charge in [0.15, 0.2) is 0 Å². The van der Waals surface area contributed by atoms with Crippen molar-refractivity contribution in [3.05, 3.63) is 35.4 Å². The Morgan fingerprint density at radius 2 is 2.00 bits per heavy atom. The van der Waals surface area contributed by atoms with Crippen LogP contribution >= 0.6 is 0 Å². The summed E-state index contributed by atoms with van der Waals surface area (Å²) in [6.07, 6.45) is 7.58. The van der Waals surface area contributed by atoms with E-state index in [1.807, 2.05) is 0 Å². The zero-order chi connectivity index (χ0) is 13.7. The zero-order valence-electron chi connectivity index (χ0n) is 12.3. The first kappa shape index (κ1) is 14.3. The van der Waals surface area contributed by atoms with E-state index in [4.69, 9.17) is 0 Å². The van der Waals surface area contributed by atoms with Crippen LogP contribution in [0.2, 0.25) is 0 Å². The number of hydrogen-bond donors (Lipinski definition) is 0. The third-order valence-corrected chi connectivity index (χ3v) is 4.55. The fourth-order valence-corrected chi connectivity index (χ4v) is 3.27. The molecule has 2 atom stereocenters. The molecule has 104 valence electrons. The Morgan fingerprint density at radius 3 is 2.68 bits per heavy atom. The summed E-state index contributed by atoms with van der Waals surface area (Å²) < 4.78 is 0. The lowest BCUT2D eigenvalue weighted by Crippen LogP contribution is -2.28. The number of rotatable bonds is 6. The molecule has 0 saturated heterocycles. The van der Waals surface area contributed by atoms with Gasteiger partial charge in [0.05, 0.1) is 0 Å². The molecule has 0 N–H and O–H groups in total. The normalized spacial score (nSPS) is 19.8. The molecule has 0 aromatic heterocycles. The topological polar surface area (TPSA) is 17.1 Å². The molecule has 0 fully saturated rings. The summed E-state index contributed by atoms with van der Waals surface area (Å²) in [6.45, 7) is 4.36. The first-order valence-electron chi connectivity index (χ1n) is 7.86. The van der Waals surface area contributed by atoms with Gasteiger partial charge in [-0.3, -0.25) is 4.79 Å². The molecule has 0 aliphatic heterocycles. The van der Waals surface area contributed by atoms with Crippen LogP contribution in [-0.4, -0.2) is 5.78 Å². The van der Waals surface area contributed by atoms with E-state index < -0.39 is 0 Å². The Balaban J connectivity index is 2.01. The maximum absolute atomic E-state index is 12.6. The molecule has 0 spiro atoms. The number of Topliss-reactive ketones (excluding diaryl/α,β-unsaturated/α-hetero) is 1. The second-order valence-electron chi connectivity index (χ2n) is 5.86. The molecule has 1 aliphatic rings. The van der Waals surface area contributed by atoms with E-state index in [9.17, 15) is 4.79 Å². The Bertz CT molecular complexity index is 421. The molecule has 0 radical (unpaired) electrons. The zero-order valence-corrected chi connectivity index (χ0v) is 12.3. The van der Waals surface area contributed by atoms with Crippen molar-refractivity contribution < 1.29 is 4.79 Å². The quantitative estimate of drug-likeness (QED) is 0.730. The van der Waals surface area contributed by atoms with Gasteiger partial charge in [0.2, 0.25) is 0 Å². The van der Waals surface area contributed by atoms with Gasteiger partial charge < -0.3 is 0 Å². The average molecular weight is 258 g/mol. The molecule has 1 heteroatoms. The van der Waals surface area contributed by atoms with Crippen molar-refractivity contribution in [3.63, 3.8) is 0 Å². The molecule has 0 saturated carbocycles. The molecule has 2 rings (SSSR count). The molecular weight excluding hydrogens is 232 g/mol. The van der Waals surface area contributed by atoms with Crippen molar-refractivity contribution in [2.75, 3.05) is 0 Å². The Labute approximate surface area is 117 Å². The summed E-state index contributed by atoms with van der Waals surface area (Å²) >= 11 is 0. The number of aryl methyl sites for hydroxylation is 1. The van der Waals surface area contributed by atoms with Crippen molar-refractivity contribution in [1.82, 2.24) is 0 Å². The molecule has 1 nitrogen and oxygen atoms in total. The van der Waals surface area contributed by atoms with Crippen LogP contribution in [0.25, 0.3) is 0 Å². The molecule has 2 unspecified atom stereocenters. The van der Waals surface area contributed by atoms with Crippen LogP contribution in [0, 0.1) is 11.8 Å². The fraction of sp³-hybridized carbons (Fsp3) is 0.611. The van der Waals surface area contributed by atoms with Crippen molar-refractivity contribution in [2.45, 2.75) is 58.8 Å². The van der Waals surface area contributed by atoms with Crippen LogP contribution in [0.1, 0.15) is 57.1 Å². The number of carbonyl (C=O) groups is 1. The highest BCUT2D eigenvalue weighted by molar-refractivity contribution is 5.84. The van der Waals surface area contributed by atoms with Crippen molar-refractivity contribution >= 4 is 5.78 Å². The van der Waals surface area contributed by atoms with Crippen molar-refractivity contribution in [2.24, 2.45) is 11.8 Å². The summed E-state index contributed by atoms with van der Waals surface area (Å²) in [4.78, 5) is 12.6. The van der Waals surface area contributed by atoms with E-state index in [0.29, 0.717) is 11.7 Å². The monoisotopic (exact) mass is 258 g/mol. The van der Waals surface area contributed by atoms with Crippen LogP contribution < -0.4 is 0 Å². The van der Waals surface area contributed by atoms with Gasteiger partial charge in [-0.05, 0) is 43.2 Å². The van der Waals surface area contributed by atoms with Gasteiger partial charge in [0.25, 0.3) is 0 Å². The van der Waals surface area contributed by atoms with Gasteiger partial charge in [-0.15, -0.1) is 0 Å². The minimum Gasteiger partial charge on any atom is -0.299 e. The second kappa shape index (κ2) is 6.88. The van der Waals surface area contributed by atoms with Crippen LogP contribution in [0.5, 0.6) is 0 Å². The summed E-state index contributed by atoms with van der Waals surface area (Å²) in [7, 11) is 0. The van der Waals surface area contributed by atoms with Gasteiger partial charge in [-0.2, -0.15) is 0 Å². The van der Waals surface area contributed by atoms with E-state index in [0.717, 1.165) is 32.1 Å². The number of carbonyl (C=O) groups excluding carboxylic acids is 1. The molecule has 1 aromatic rings. The maximum Gasteiger partial charge on any atom is 0.139 e. The van der Waals surface area contributed by atoms with Gasteiger partial charge >= 0.3 is 0 Å². The van der Waals surface area contributed by atoms with Gasteiger partial charge in [0.1, 0.15) is 5.78 Å². The Morgan fingerprint density at radius 1 is 1.26 bits per heavy atom. The molecule has 0 heterocycles. The van der Waals surface area contributed by atoms with Crippen molar-refractivity contribution in [3.8, 4) is 0 Å². The minimum absolute atomic E-state index is 0.275. The lowest BCUT2D eigenvalue weighted by atomic mass is 9.77. The fourth-order valence-electron chi connectivity index (χ4n) is 3.27. The molecule has 0 bridgehead atoms. The number of fused-ring (bicyclic) bond motifs is 1. The number of unbranched alkanes of at least 4 members (excludes halogenated alkanes) is 1. The first-order valence-corrected chi connectivity index (χ1v) is 7.86. The van der Waals surface area contributed by atoms with Gasteiger partial charge in [-0.25, -0.2) is 0 Å². The van der Waals surface area contributed by atoms with E-state index in [-0.39, 0.29) is 5.92 Å². The first-order chi connectivity index (χ1) is 9.26. The summed E-state index contributed by atoms with van der Waals surface area (Å²) in [5.74, 6) is 1.11. The predicted molar refractivity (Wildman–Crippen MR) is 80.3 cm³/mol. The Hall–Kier alpha value is -1.11. The third-order valence-electron chi connectivity index (χ3n) is 4.55. The lowest BCUT2D eigenvalue weighted by Gasteiger charge is -2.26. The highest BCUT2D eigenvalue weighted by Gasteiger charge is 2.28. The second-order valence-corrected chi connectivity index (χ2v) is 5.86. The van der Waals surface area contributed by atoms with Gasteiger partial charge in [0, 0.05) is 11.8 Å². The van der Waals surface area contributed by atoms with Crippen LogP contribution in [0.15, 0.2) is 24.3 Å². The standard InChI is InChI=1S/C18H26O/c1-3-5-8-14(4-2)18(19)17-12-11-15-9-6-7-10-16(15)13-17/h6-7,9-10,14,17H,3-5,8,11-13H2,1-2H3. The molecular formula is C18H26O. The number of hydrogen-bond acceptors (Lipinski definition) is 1. The molecule has 1 aromatic carbocycles. The average Bonchev–Trinajstić information content (AvgIpc) is 2.47. The predicted octanol–water partition coefficient (Wildman–Crippen LogP) is 4.58. The SMILES string of the molecule is CCCCC(CC)C(=O)C1CCc2ccccc2C1. The van der Waals surface area contributed by atoms with E-state index in [1.165, 1.54) is 24.0 Å². The summed E-state index contributed by atoms with van der Waals surface area (Å²) in [5.41, 5.74) is 2.85. The molecule has 1 aliphatic carbocycles. The Kier molecular flexibility index (Phi) is 5.18. The summed E-state index contributed by atoms with van der Waals surface area (Å²) in [5, 5.41) is 0. The highest BCUT2D eigenvalue weighted by Crippen LogP contribution is 2.29. The lowest BCUT2D eigenvalue weighted by molar-refractivity contribution is -0.127. The van der Waals surface area contributed by atoms with Crippen LogP contribution in [-0.2, 0) is 17.6 Å². The highest BCUT2D eigenvalue weighted by atomic mass is 16.1. The third kappa shape index (κ3) is 3.46.